The van der Waals surface area contributed by atoms with Crippen LogP contribution < -0.4 is 10.6 Å². The van der Waals surface area contributed by atoms with E-state index in [1.807, 2.05) is 0 Å². The third-order valence-electron chi connectivity index (χ3n) is 2.62. The first kappa shape index (κ1) is 8.50. The van der Waals surface area contributed by atoms with Crippen molar-refractivity contribution in [1.29, 1.82) is 0 Å². The van der Waals surface area contributed by atoms with Crippen LogP contribution in [0, 0.1) is 5.92 Å². The lowest BCUT2D eigenvalue weighted by molar-refractivity contribution is -0.126. The minimum Gasteiger partial charge on any atom is -0.382 e. The number of urea groups is 1. The van der Waals surface area contributed by atoms with Crippen molar-refractivity contribution in [2.75, 3.05) is 13.7 Å². The van der Waals surface area contributed by atoms with Gasteiger partial charge in [0.25, 0.3) is 5.91 Å². The number of methoxy groups -OCH3 is 1. The standard InChI is InChI=1S/C8H12N2O3/c1-13-4-8(5-2-3-5)6(11)9-7(12)10-8/h5H,2-4H2,1H3,(H2,9,10,11,12). The molecule has 1 atom stereocenters. The molecule has 3 amide bonds. The fraction of sp³-hybridized carbons (Fsp3) is 0.750. The Kier molecular flexibility index (Phi) is 1.76. The number of imide groups is 1. The summed E-state index contributed by atoms with van der Waals surface area (Å²) in [4.78, 5) is 22.5. The first-order valence-electron chi connectivity index (χ1n) is 4.31. The third-order valence-corrected chi connectivity index (χ3v) is 2.62. The van der Waals surface area contributed by atoms with Gasteiger partial charge in [-0.05, 0) is 18.8 Å². The van der Waals surface area contributed by atoms with Crippen molar-refractivity contribution in [2.24, 2.45) is 5.92 Å². The quantitative estimate of drug-likeness (QED) is 0.587. The van der Waals surface area contributed by atoms with E-state index in [0.717, 1.165) is 12.8 Å². The average molecular weight is 184 g/mol. The summed E-state index contributed by atoms with van der Waals surface area (Å²) in [7, 11) is 1.53. The molecule has 5 heteroatoms. The van der Waals surface area contributed by atoms with Gasteiger partial charge in [0.2, 0.25) is 0 Å². The summed E-state index contributed by atoms with van der Waals surface area (Å²) in [5.41, 5.74) is -0.786. The van der Waals surface area contributed by atoms with E-state index in [9.17, 15) is 9.59 Å². The number of hydrogen-bond acceptors (Lipinski definition) is 3. The third kappa shape index (κ3) is 1.19. The Balaban J connectivity index is 2.21. The van der Waals surface area contributed by atoms with Crippen LogP contribution in [0.3, 0.4) is 0 Å². The van der Waals surface area contributed by atoms with Gasteiger partial charge < -0.3 is 10.1 Å². The molecule has 0 aromatic carbocycles. The van der Waals surface area contributed by atoms with Gasteiger partial charge in [-0.15, -0.1) is 0 Å². The van der Waals surface area contributed by atoms with E-state index >= 15 is 0 Å². The molecule has 1 aliphatic carbocycles. The summed E-state index contributed by atoms with van der Waals surface area (Å²) in [5, 5.41) is 4.90. The van der Waals surface area contributed by atoms with Gasteiger partial charge in [0, 0.05) is 7.11 Å². The summed E-state index contributed by atoms with van der Waals surface area (Å²) < 4.78 is 4.97. The minimum atomic E-state index is -0.786. The monoisotopic (exact) mass is 184 g/mol. The van der Waals surface area contributed by atoms with E-state index < -0.39 is 11.6 Å². The van der Waals surface area contributed by atoms with Crippen molar-refractivity contribution in [3.63, 3.8) is 0 Å². The van der Waals surface area contributed by atoms with Crippen LogP contribution in [0.1, 0.15) is 12.8 Å². The lowest BCUT2D eigenvalue weighted by Gasteiger charge is -2.24. The summed E-state index contributed by atoms with van der Waals surface area (Å²) in [6, 6.07) is -0.408. The van der Waals surface area contributed by atoms with Gasteiger partial charge in [-0.3, -0.25) is 10.1 Å². The molecule has 2 rings (SSSR count). The van der Waals surface area contributed by atoms with Crippen LogP contribution in [0.5, 0.6) is 0 Å². The Bertz CT molecular complexity index is 262. The molecule has 1 aliphatic heterocycles. The maximum absolute atomic E-state index is 11.5. The number of amides is 3. The Morgan fingerprint density at radius 2 is 2.23 bits per heavy atom. The molecule has 0 bridgehead atoms. The summed E-state index contributed by atoms with van der Waals surface area (Å²) >= 11 is 0. The smallest absolute Gasteiger partial charge is 0.322 e. The number of ether oxygens (including phenoxy) is 1. The van der Waals surface area contributed by atoms with Crippen molar-refractivity contribution >= 4 is 11.9 Å². The highest BCUT2D eigenvalue weighted by Gasteiger charge is 2.56. The summed E-state index contributed by atoms with van der Waals surface area (Å²) in [6.07, 6.45) is 1.97. The first-order chi connectivity index (χ1) is 6.19. The molecule has 1 saturated carbocycles. The molecule has 0 spiro atoms. The van der Waals surface area contributed by atoms with Gasteiger partial charge in [-0.25, -0.2) is 4.79 Å². The average Bonchev–Trinajstić information content (AvgIpc) is 2.82. The highest BCUT2D eigenvalue weighted by atomic mass is 16.5. The highest BCUT2D eigenvalue weighted by Crippen LogP contribution is 2.41. The molecule has 2 fully saturated rings. The van der Waals surface area contributed by atoms with E-state index in [1.54, 1.807) is 0 Å². The molecular formula is C8H12N2O3. The van der Waals surface area contributed by atoms with Gasteiger partial charge in [-0.2, -0.15) is 0 Å². The van der Waals surface area contributed by atoms with E-state index in [-0.39, 0.29) is 18.4 Å². The van der Waals surface area contributed by atoms with Crippen LogP contribution in [-0.4, -0.2) is 31.2 Å². The molecule has 13 heavy (non-hydrogen) atoms. The van der Waals surface area contributed by atoms with E-state index in [1.165, 1.54) is 7.11 Å². The molecule has 0 aromatic heterocycles. The van der Waals surface area contributed by atoms with Crippen LogP contribution in [0.25, 0.3) is 0 Å². The Morgan fingerprint density at radius 1 is 1.54 bits per heavy atom. The second kappa shape index (κ2) is 2.70. The van der Waals surface area contributed by atoms with Crippen molar-refractivity contribution in [3.05, 3.63) is 0 Å². The van der Waals surface area contributed by atoms with Gasteiger partial charge >= 0.3 is 6.03 Å². The van der Waals surface area contributed by atoms with Crippen LogP contribution >= 0.6 is 0 Å². The molecule has 1 saturated heterocycles. The van der Waals surface area contributed by atoms with Crippen LogP contribution in [-0.2, 0) is 9.53 Å². The topological polar surface area (TPSA) is 67.4 Å². The molecule has 1 heterocycles. The second-order valence-electron chi connectivity index (χ2n) is 3.59. The Labute approximate surface area is 75.8 Å². The molecule has 5 nitrogen and oxygen atoms in total. The number of nitrogens with one attached hydrogen (secondary N) is 2. The summed E-state index contributed by atoms with van der Waals surface area (Å²) in [6.45, 7) is 0.259. The van der Waals surface area contributed by atoms with Gasteiger partial charge in [0.1, 0.15) is 5.54 Å². The molecule has 2 N–H and O–H groups in total. The van der Waals surface area contributed by atoms with Gasteiger partial charge in [0.05, 0.1) is 6.61 Å². The zero-order valence-electron chi connectivity index (χ0n) is 7.42. The van der Waals surface area contributed by atoms with Gasteiger partial charge in [0.15, 0.2) is 0 Å². The Morgan fingerprint density at radius 3 is 2.62 bits per heavy atom. The maximum Gasteiger partial charge on any atom is 0.322 e. The summed E-state index contributed by atoms with van der Waals surface area (Å²) in [5.74, 6) is 0.000694. The predicted molar refractivity (Wildman–Crippen MR) is 44.0 cm³/mol. The fourth-order valence-electron chi connectivity index (χ4n) is 1.82. The molecule has 1 unspecified atom stereocenters. The van der Waals surface area contributed by atoms with E-state index in [2.05, 4.69) is 10.6 Å². The van der Waals surface area contributed by atoms with E-state index in [0.29, 0.717) is 0 Å². The maximum atomic E-state index is 11.5. The fourth-order valence-corrected chi connectivity index (χ4v) is 1.82. The molecular weight excluding hydrogens is 172 g/mol. The molecule has 72 valence electrons. The molecule has 0 aromatic rings. The van der Waals surface area contributed by atoms with Crippen molar-refractivity contribution in [2.45, 2.75) is 18.4 Å². The molecule has 2 aliphatic rings. The number of rotatable bonds is 3. The SMILES string of the molecule is COCC1(C2CC2)NC(=O)NC1=O. The predicted octanol–water partition coefficient (Wildman–Crippen LogP) is -0.379. The number of hydrogen-bond donors (Lipinski definition) is 2. The molecule has 0 radical (unpaired) electrons. The van der Waals surface area contributed by atoms with Crippen molar-refractivity contribution < 1.29 is 14.3 Å². The number of carbonyl (C=O) groups excluding carboxylic acids is 2. The van der Waals surface area contributed by atoms with Crippen LogP contribution in [0.15, 0.2) is 0 Å². The zero-order chi connectivity index (χ0) is 9.47. The highest BCUT2D eigenvalue weighted by molar-refractivity contribution is 6.07. The number of carbonyl (C=O) groups is 2. The van der Waals surface area contributed by atoms with Crippen molar-refractivity contribution in [3.8, 4) is 0 Å². The largest absolute Gasteiger partial charge is 0.382 e. The van der Waals surface area contributed by atoms with Crippen LogP contribution in [0.4, 0.5) is 4.79 Å². The van der Waals surface area contributed by atoms with Crippen molar-refractivity contribution in [1.82, 2.24) is 10.6 Å². The lowest BCUT2D eigenvalue weighted by Crippen LogP contribution is -2.52. The Hall–Kier alpha value is -1.10. The van der Waals surface area contributed by atoms with Gasteiger partial charge in [-0.1, -0.05) is 0 Å². The lowest BCUT2D eigenvalue weighted by atomic mass is 9.95. The normalized spacial score (nSPS) is 33.0. The minimum absolute atomic E-state index is 0.248. The zero-order valence-corrected chi connectivity index (χ0v) is 7.42. The van der Waals surface area contributed by atoms with E-state index in [4.69, 9.17) is 4.74 Å². The first-order valence-corrected chi connectivity index (χ1v) is 4.31. The van der Waals surface area contributed by atoms with Crippen LogP contribution in [0.2, 0.25) is 0 Å². The second-order valence-corrected chi connectivity index (χ2v) is 3.59.